The number of rotatable bonds is 11. The van der Waals surface area contributed by atoms with Crippen LogP contribution in [-0.2, 0) is 27.4 Å². The second kappa shape index (κ2) is 13.1. The minimum absolute atomic E-state index is 0.0969. The van der Waals surface area contributed by atoms with Gasteiger partial charge in [-0.15, -0.1) is 0 Å². The molecule has 0 unspecified atom stereocenters. The molecule has 0 heterocycles. The van der Waals surface area contributed by atoms with E-state index in [2.05, 4.69) is 16.1 Å². The molecule has 3 amide bonds. The Bertz CT molecular complexity index is 1380. The van der Waals surface area contributed by atoms with Crippen LogP contribution in [0.3, 0.4) is 0 Å². The minimum atomic E-state index is -1.05. The molecule has 5 N–H and O–H groups in total. The largest absolute Gasteiger partial charge is 0.374 e. The average molecular weight is 511 g/mol. The lowest BCUT2D eigenvalue weighted by Gasteiger charge is -2.23. The lowest BCUT2D eigenvalue weighted by atomic mass is 10.0. The molecule has 4 rings (SSSR count). The van der Waals surface area contributed by atoms with Crippen LogP contribution in [0.5, 0.6) is 0 Å². The molecular weight excluding hydrogens is 480 g/mol. The average Bonchev–Trinajstić information content (AvgIpc) is 2.96. The van der Waals surface area contributed by atoms with Crippen molar-refractivity contribution in [1.29, 1.82) is 0 Å². The highest BCUT2D eigenvalue weighted by Gasteiger charge is 2.27. The zero-order chi connectivity index (χ0) is 26.7. The topological polar surface area (TPSA) is 123 Å². The first-order valence-corrected chi connectivity index (χ1v) is 12.3. The Hall–Kier alpha value is -4.53. The Labute approximate surface area is 221 Å². The number of nitrogens with two attached hydrogens (primary N) is 1. The van der Waals surface area contributed by atoms with Crippen molar-refractivity contribution in [2.45, 2.75) is 25.1 Å². The Balaban J connectivity index is 1.48. The van der Waals surface area contributed by atoms with E-state index in [-0.39, 0.29) is 19.6 Å². The van der Waals surface area contributed by atoms with Gasteiger partial charge in [-0.2, -0.15) is 0 Å². The lowest BCUT2D eigenvalue weighted by Crippen LogP contribution is -2.56. The van der Waals surface area contributed by atoms with E-state index in [1.54, 1.807) is 12.1 Å². The molecule has 0 bridgehead atoms. The Kier molecular flexibility index (Phi) is 9.17. The fourth-order valence-electron chi connectivity index (χ4n) is 4.06. The molecule has 0 radical (unpaired) electrons. The maximum absolute atomic E-state index is 13.4. The van der Waals surface area contributed by atoms with Crippen LogP contribution in [-0.4, -0.2) is 36.4 Å². The fraction of sp³-hybridized carbons (Fsp3) is 0.167. The van der Waals surface area contributed by atoms with Gasteiger partial charge in [-0.1, -0.05) is 91.0 Å². The van der Waals surface area contributed by atoms with Crippen LogP contribution in [0, 0.1) is 0 Å². The Morgan fingerprint density at radius 1 is 0.684 bits per heavy atom. The van der Waals surface area contributed by atoms with E-state index in [9.17, 15) is 14.4 Å². The molecule has 0 aliphatic rings. The summed E-state index contributed by atoms with van der Waals surface area (Å²) in [6.45, 7) is 0.164. The molecule has 0 saturated heterocycles. The number of amides is 3. The van der Waals surface area contributed by atoms with Crippen LogP contribution in [0.1, 0.15) is 21.5 Å². The van der Waals surface area contributed by atoms with Crippen LogP contribution >= 0.6 is 0 Å². The highest BCUT2D eigenvalue weighted by Crippen LogP contribution is 2.16. The zero-order valence-corrected chi connectivity index (χ0v) is 20.8. The quantitative estimate of drug-likeness (QED) is 0.140. The van der Waals surface area contributed by atoms with Crippen molar-refractivity contribution in [3.8, 4) is 0 Å². The number of carbonyl (C=O) groups is 3. The Morgan fingerprint density at radius 2 is 1.32 bits per heavy atom. The predicted molar refractivity (Wildman–Crippen MR) is 146 cm³/mol. The predicted octanol–water partition coefficient (Wildman–Crippen LogP) is 2.87. The monoisotopic (exact) mass is 510 g/mol. The lowest BCUT2D eigenvalue weighted by molar-refractivity contribution is -0.131. The third-order valence-electron chi connectivity index (χ3n) is 6.09. The van der Waals surface area contributed by atoms with Gasteiger partial charge in [0, 0.05) is 12.0 Å². The highest BCUT2D eigenvalue weighted by atomic mass is 16.5. The minimum Gasteiger partial charge on any atom is -0.374 e. The van der Waals surface area contributed by atoms with Crippen LogP contribution in [0.25, 0.3) is 10.8 Å². The molecule has 4 aromatic rings. The first kappa shape index (κ1) is 26.5. The first-order valence-electron chi connectivity index (χ1n) is 12.3. The molecule has 0 saturated carbocycles. The van der Waals surface area contributed by atoms with Gasteiger partial charge in [0.2, 0.25) is 5.91 Å². The number of fused-ring (bicyclic) bond motifs is 1. The molecule has 0 aliphatic carbocycles. The molecule has 4 aromatic carbocycles. The molecule has 0 aliphatic heterocycles. The van der Waals surface area contributed by atoms with E-state index in [1.807, 2.05) is 91.0 Å². The number of ether oxygens (including phenoxy) is 1. The molecule has 0 spiro atoms. The molecule has 0 aromatic heterocycles. The number of carbonyl (C=O) groups excluding carboxylic acids is 3. The van der Waals surface area contributed by atoms with Crippen LogP contribution in [0.15, 0.2) is 103 Å². The standard InChI is InChI=1S/C30H30N4O4/c31-34-30(37)27(20-38-19-22-11-5-2-6-12-22)33-29(36)26(17-21-9-3-1-4-10-21)32-28(35)25-16-15-23-13-7-8-14-24(23)18-25/h1-16,18,26-27H,17,19-20,31H2,(H,32,35)(H,33,36)(H,34,37)/t26-,27-/m0/s1. The second-order valence-corrected chi connectivity index (χ2v) is 8.85. The van der Waals surface area contributed by atoms with Gasteiger partial charge in [0.1, 0.15) is 12.1 Å². The first-order chi connectivity index (χ1) is 18.5. The van der Waals surface area contributed by atoms with Crippen LogP contribution < -0.4 is 21.9 Å². The van der Waals surface area contributed by atoms with E-state index in [0.717, 1.165) is 21.9 Å². The van der Waals surface area contributed by atoms with Gasteiger partial charge in [-0.25, -0.2) is 5.84 Å². The number of hydrogen-bond acceptors (Lipinski definition) is 5. The number of benzene rings is 4. The van der Waals surface area contributed by atoms with Crippen molar-refractivity contribution in [3.05, 3.63) is 120 Å². The molecule has 8 nitrogen and oxygen atoms in total. The molecule has 194 valence electrons. The van der Waals surface area contributed by atoms with Crippen molar-refractivity contribution in [2.24, 2.45) is 5.84 Å². The summed E-state index contributed by atoms with van der Waals surface area (Å²) in [5.74, 6) is 3.83. The summed E-state index contributed by atoms with van der Waals surface area (Å²) >= 11 is 0. The van der Waals surface area contributed by atoms with Gasteiger partial charge < -0.3 is 15.4 Å². The summed E-state index contributed by atoms with van der Waals surface area (Å²) in [6.07, 6.45) is 0.230. The normalized spacial score (nSPS) is 12.3. The fourth-order valence-corrected chi connectivity index (χ4v) is 4.06. The van der Waals surface area contributed by atoms with E-state index in [0.29, 0.717) is 5.56 Å². The van der Waals surface area contributed by atoms with Gasteiger partial charge in [0.05, 0.1) is 13.2 Å². The van der Waals surface area contributed by atoms with Gasteiger partial charge in [-0.3, -0.25) is 19.8 Å². The third kappa shape index (κ3) is 7.25. The van der Waals surface area contributed by atoms with Crippen molar-refractivity contribution in [2.75, 3.05) is 6.61 Å². The van der Waals surface area contributed by atoms with Crippen LogP contribution in [0.4, 0.5) is 0 Å². The maximum Gasteiger partial charge on any atom is 0.258 e. The van der Waals surface area contributed by atoms with Crippen molar-refractivity contribution in [1.82, 2.24) is 16.1 Å². The smallest absolute Gasteiger partial charge is 0.258 e. The number of nitrogens with one attached hydrogen (secondary N) is 3. The molecular formula is C30H30N4O4. The molecule has 2 atom stereocenters. The van der Waals surface area contributed by atoms with E-state index < -0.39 is 29.8 Å². The van der Waals surface area contributed by atoms with Crippen LogP contribution in [0.2, 0.25) is 0 Å². The molecule has 38 heavy (non-hydrogen) atoms. The zero-order valence-electron chi connectivity index (χ0n) is 20.8. The number of hydrogen-bond donors (Lipinski definition) is 4. The van der Waals surface area contributed by atoms with Gasteiger partial charge >= 0.3 is 0 Å². The highest BCUT2D eigenvalue weighted by molar-refractivity contribution is 6.01. The second-order valence-electron chi connectivity index (χ2n) is 8.85. The number of hydrazine groups is 1. The van der Waals surface area contributed by atoms with Gasteiger partial charge in [0.25, 0.3) is 11.8 Å². The summed E-state index contributed by atoms with van der Waals surface area (Å²) in [7, 11) is 0. The summed E-state index contributed by atoms with van der Waals surface area (Å²) in [4.78, 5) is 39.0. The van der Waals surface area contributed by atoms with Crippen molar-refractivity contribution < 1.29 is 19.1 Å². The van der Waals surface area contributed by atoms with E-state index >= 15 is 0 Å². The van der Waals surface area contributed by atoms with Gasteiger partial charge in [0.15, 0.2) is 0 Å². The Morgan fingerprint density at radius 3 is 2.00 bits per heavy atom. The molecule has 8 heteroatoms. The summed E-state index contributed by atoms with van der Waals surface area (Å²) < 4.78 is 5.68. The summed E-state index contributed by atoms with van der Waals surface area (Å²) in [6, 6.07) is 29.9. The van der Waals surface area contributed by atoms with Crippen molar-refractivity contribution >= 4 is 28.5 Å². The SMILES string of the molecule is NNC(=O)[C@H](COCc1ccccc1)NC(=O)[C@H](Cc1ccccc1)NC(=O)c1ccc2ccccc2c1. The summed E-state index contributed by atoms with van der Waals surface area (Å²) in [5, 5.41) is 7.45. The van der Waals surface area contributed by atoms with Crippen molar-refractivity contribution in [3.63, 3.8) is 0 Å². The summed E-state index contributed by atoms with van der Waals surface area (Å²) in [5.41, 5.74) is 4.28. The third-order valence-corrected chi connectivity index (χ3v) is 6.09. The molecule has 0 fully saturated rings. The maximum atomic E-state index is 13.4. The van der Waals surface area contributed by atoms with E-state index in [1.165, 1.54) is 0 Å². The van der Waals surface area contributed by atoms with E-state index in [4.69, 9.17) is 10.6 Å². The van der Waals surface area contributed by atoms with Gasteiger partial charge in [-0.05, 0) is 34.0 Å².